The van der Waals surface area contributed by atoms with Crippen molar-refractivity contribution in [3.05, 3.63) is 12.7 Å². The Labute approximate surface area is 85.2 Å². The molecule has 6 unspecified atom stereocenters. The monoisotopic (exact) mass is 204 g/mol. The van der Waals surface area contributed by atoms with Crippen molar-refractivity contribution in [2.45, 2.75) is 17.6 Å². The quantitative estimate of drug-likeness (QED) is 0.470. The lowest BCUT2D eigenvalue weighted by molar-refractivity contribution is -0.157. The number of carbonyl (C=O) groups is 2. The summed E-state index contributed by atoms with van der Waals surface area (Å²) in [5.74, 6) is 0.417. The van der Waals surface area contributed by atoms with Crippen LogP contribution in [0, 0.1) is 23.2 Å². The van der Waals surface area contributed by atoms with Crippen LogP contribution < -0.4 is 0 Å². The van der Waals surface area contributed by atoms with Gasteiger partial charge in [-0.05, 0) is 6.42 Å². The fraction of sp³-hybridized carbons (Fsp3) is 0.636. The van der Waals surface area contributed by atoms with Crippen molar-refractivity contribution in [2.24, 2.45) is 23.2 Å². The Morgan fingerprint density at radius 2 is 2.47 bits per heavy atom. The molecule has 1 heterocycles. The van der Waals surface area contributed by atoms with Crippen molar-refractivity contribution >= 4 is 11.9 Å². The lowest BCUT2D eigenvalue weighted by Crippen LogP contribution is -2.35. The molecule has 15 heavy (non-hydrogen) atoms. The third-order valence-electron chi connectivity index (χ3n) is 5.41. The van der Waals surface area contributed by atoms with Crippen molar-refractivity contribution in [3.8, 4) is 0 Å². The Bertz CT molecular complexity index is 497. The Kier molecular flexibility index (Phi) is 0.637. The molecular weight excluding hydrogens is 196 g/mol. The molecule has 0 amide bonds. The Morgan fingerprint density at radius 1 is 1.67 bits per heavy atom. The van der Waals surface area contributed by atoms with Gasteiger partial charge in [-0.3, -0.25) is 4.79 Å². The molecular formula is C11H8O4. The summed E-state index contributed by atoms with van der Waals surface area (Å²) in [7, 11) is 0. The molecule has 5 aliphatic rings. The van der Waals surface area contributed by atoms with E-state index in [2.05, 4.69) is 6.58 Å². The summed E-state index contributed by atoms with van der Waals surface area (Å²) in [6, 6.07) is 0. The summed E-state index contributed by atoms with van der Waals surface area (Å²) in [5.41, 5.74) is -0.681. The molecule has 0 N–H and O–H groups in total. The molecule has 0 bridgehead atoms. The minimum atomic E-state index is -0.404. The predicted octanol–water partition coefficient (Wildman–Crippen LogP) is 0.0295. The normalized spacial score (nSPS) is 67.7. The molecule has 0 radical (unpaired) electrons. The van der Waals surface area contributed by atoms with E-state index >= 15 is 0 Å². The van der Waals surface area contributed by atoms with E-state index in [0.29, 0.717) is 11.8 Å². The minimum absolute atomic E-state index is 0.0767. The Morgan fingerprint density at radius 3 is 3.20 bits per heavy atom. The summed E-state index contributed by atoms with van der Waals surface area (Å²) in [6.45, 7) is 3.38. The first-order chi connectivity index (χ1) is 7.18. The van der Waals surface area contributed by atoms with Gasteiger partial charge in [0.25, 0.3) is 0 Å². The Hall–Kier alpha value is -1.32. The van der Waals surface area contributed by atoms with E-state index in [9.17, 15) is 9.59 Å². The van der Waals surface area contributed by atoms with Gasteiger partial charge < -0.3 is 9.47 Å². The van der Waals surface area contributed by atoms with Gasteiger partial charge in [0.1, 0.15) is 0 Å². The van der Waals surface area contributed by atoms with Gasteiger partial charge in [-0.25, -0.2) is 4.79 Å². The highest BCUT2D eigenvalue weighted by Crippen LogP contribution is 3.16. The molecule has 1 aliphatic heterocycles. The first-order valence-electron chi connectivity index (χ1n) is 5.26. The van der Waals surface area contributed by atoms with Crippen LogP contribution in [0.25, 0.3) is 0 Å². The molecule has 4 saturated carbocycles. The van der Waals surface area contributed by atoms with Gasteiger partial charge in [-0.1, -0.05) is 6.58 Å². The fourth-order valence-corrected chi connectivity index (χ4v) is 5.15. The van der Waals surface area contributed by atoms with Crippen LogP contribution in [0.5, 0.6) is 0 Å². The first-order valence-corrected chi connectivity index (χ1v) is 5.26. The number of hydrogen-bond donors (Lipinski definition) is 0. The lowest BCUT2D eigenvalue weighted by atomic mass is 9.88. The third-order valence-corrected chi connectivity index (χ3v) is 5.41. The molecule has 2 spiro atoms. The number of fused-ring (bicyclic) bond motifs is 1. The minimum Gasteiger partial charge on any atom is -0.453 e. The molecule has 4 heteroatoms. The van der Waals surface area contributed by atoms with Gasteiger partial charge in [-0.15, -0.1) is 0 Å². The maximum Gasteiger partial charge on any atom is 0.330 e. The van der Waals surface area contributed by atoms with Gasteiger partial charge in [-0.2, -0.15) is 0 Å². The van der Waals surface area contributed by atoms with E-state index in [1.165, 1.54) is 6.08 Å². The van der Waals surface area contributed by atoms with Crippen LogP contribution in [-0.4, -0.2) is 23.1 Å². The van der Waals surface area contributed by atoms with Crippen molar-refractivity contribution in [1.29, 1.82) is 0 Å². The first kappa shape index (κ1) is 7.04. The number of rotatable bonds is 2. The number of carbonyl (C=O) groups excluding carboxylic acids is 2. The van der Waals surface area contributed by atoms with Crippen LogP contribution in [-0.2, 0) is 19.1 Å². The molecule has 4 nitrogen and oxygen atoms in total. The van der Waals surface area contributed by atoms with Crippen LogP contribution in [0.1, 0.15) is 6.42 Å². The van der Waals surface area contributed by atoms with Crippen LogP contribution in [0.15, 0.2) is 12.7 Å². The zero-order valence-corrected chi connectivity index (χ0v) is 7.86. The average molecular weight is 204 g/mol. The maximum atomic E-state index is 11.4. The second-order valence-electron chi connectivity index (χ2n) is 5.26. The van der Waals surface area contributed by atoms with Crippen LogP contribution in [0.4, 0.5) is 0 Å². The highest BCUT2D eigenvalue weighted by Gasteiger charge is 3.32. The molecule has 0 aromatic heterocycles. The van der Waals surface area contributed by atoms with Crippen molar-refractivity contribution in [3.63, 3.8) is 0 Å². The molecule has 0 aromatic carbocycles. The molecule has 4 aliphatic carbocycles. The van der Waals surface area contributed by atoms with Crippen molar-refractivity contribution in [2.75, 3.05) is 0 Å². The van der Waals surface area contributed by atoms with Gasteiger partial charge in [0, 0.05) is 17.9 Å². The van der Waals surface area contributed by atoms with Crippen LogP contribution in [0.3, 0.4) is 0 Å². The highest BCUT2D eigenvalue weighted by molar-refractivity contribution is 5.95. The highest BCUT2D eigenvalue weighted by atomic mass is 16.7. The number of ether oxygens (including phenoxy) is 2. The van der Waals surface area contributed by atoms with Gasteiger partial charge in [0.15, 0.2) is 11.2 Å². The predicted molar refractivity (Wildman–Crippen MR) is 45.4 cm³/mol. The van der Waals surface area contributed by atoms with E-state index in [0.717, 1.165) is 6.42 Å². The van der Waals surface area contributed by atoms with Crippen molar-refractivity contribution < 1.29 is 19.1 Å². The smallest absolute Gasteiger partial charge is 0.330 e. The molecule has 5 fully saturated rings. The summed E-state index contributed by atoms with van der Waals surface area (Å²) in [6.07, 6.45) is 2.03. The SMILES string of the molecule is C=CC(=O)OC12C3CC4C(=O)OC15C4C325. The zero-order chi connectivity index (χ0) is 10.2. The van der Waals surface area contributed by atoms with Gasteiger partial charge >= 0.3 is 11.9 Å². The largest absolute Gasteiger partial charge is 0.453 e. The van der Waals surface area contributed by atoms with Gasteiger partial charge in [0.2, 0.25) is 0 Å². The summed E-state index contributed by atoms with van der Waals surface area (Å²) in [4.78, 5) is 22.6. The fourth-order valence-electron chi connectivity index (χ4n) is 5.15. The summed E-state index contributed by atoms with van der Waals surface area (Å²) < 4.78 is 10.8. The standard InChI is InChI=1S/C11H8O4/c1-2-6(12)14-10-5-3-4-7-9(5,10)11(7,10)15-8(4)13/h2,4-5,7H,1,3H2. The number of esters is 2. The van der Waals surface area contributed by atoms with E-state index in [4.69, 9.17) is 9.47 Å². The number of hydrogen-bond acceptors (Lipinski definition) is 4. The second kappa shape index (κ2) is 1.36. The molecule has 76 valence electrons. The molecule has 5 rings (SSSR count). The van der Waals surface area contributed by atoms with Crippen molar-refractivity contribution in [1.82, 2.24) is 0 Å². The van der Waals surface area contributed by atoms with Crippen LogP contribution in [0.2, 0.25) is 0 Å². The average Bonchev–Trinajstić information content (AvgIpc) is 3.04. The Balaban J connectivity index is 1.58. The summed E-state index contributed by atoms with van der Waals surface area (Å²) >= 11 is 0. The second-order valence-corrected chi connectivity index (χ2v) is 5.26. The lowest BCUT2D eigenvalue weighted by Gasteiger charge is -2.22. The van der Waals surface area contributed by atoms with E-state index < -0.39 is 11.6 Å². The molecule has 1 saturated heterocycles. The zero-order valence-electron chi connectivity index (χ0n) is 7.86. The van der Waals surface area contributed by atoms with E-state index in [1.807, 2.05) is 0 Å². The van der Waals surface area contributed by atoms with E-state index in [-0.39, 0.29) is 22.9 Å². The van der Waals surface area contributed by atoms with Crippen LogP contribution >= 0.6 is 0 Å². The topological polar surface area (TPSA) is 52.6 Å². The van der Waals surface area contributed by atoms with E-state index in [1.54, 1.807) is 0 Å². The molecule has 6 atom stereocenters. The third kappa shape index (κ3) is 0.316. The molecule has 0 aromatic rings. The summed E-state index contributed by atoms with van der Waals surface area (Å²) in [5, 5.41) is 0. The maximum absolute atomic E-state index is 11.4. The van der Waals surface area contributed by atoms with Gasteiger partial charge in [0.05, 0.1) is 11.3 Å².